The van der Waals surface area contributed by atoms with Crippen molar-refractivity contribution < 1.29 is 9.32 Å². The average Bonchev–Trinajstić information content (AvgIpc) is 2.92. The van der Waals surface area contributed by atoms with Gasteiger partial charge < -0.3 is 9.84 Å². The van der Waals surface area contributed by atoms with Gasteiger partial charge in [-0.05, 0) is 44.2 Å². The summed E-state index contributed by atoms with van der Waals surface area (Å²) in [4.78, 5) is 12.0. The van der Waals surface area contributed by atoms with Gasteiger partial charge in [-0.1, -0.05) is 28.9 Å². The number of benzene rings is 1. The third-order valence-electron chi connectivity index (χ3n) is 3.93. The van der Waals surface area contributed by atoms with Crippen molar-refractivity contribution in [2.45, 2.75) is 38.5 Å². The second-order valence-electron chi connectivity index (χ2n) is 5.51. The summed E-state index contributed by atoms with van der Waals surface area (Å²) in [5.41, 5.74) is 2.92. The molecule has 0 saturated carbocycles. The summed E-state index contributed by atoms with van der Waals surface area (Å²) in [6, 6.07) is 7.62. The smallest absolute Gasteiger partial charge is 0.226 e. The van der Waals surface area contributed by atoms with Crippen molar-refractivity contribution in [3.63, 3.8) is 0 Å². The van der Waals surface area contributed by atoms with Gasteiger partial charge in [0.15, 0.2) is 5.58 Å². The lowest BCUT2D eigenvalue weighted by molar-refractivity contribution is -0.120. The summed E-state index contributed by atoms with van der Waals surface area (Å²) in [5.74, 6) is 0.00506. The zero-order chi connectivity index (χ0) is 14.5. The molecule has 2 aromatic rings. The lowest BCUT2D eigenvalue weighted by Crippen LogP contribution is -2.26. The standard InChI is InChI=1S/C17H20N2O2/c20-17(18-11-10-13-6-2-1-3-7-13)12-15-14-8-4-5-9-16(14)21-19-15/h4-6,8-9H,1-3,7,10-12H2,(H,18,20). The highest BCUT2D eigenvalue weighted by Gasteiger charge is 2.12. The van der Waals surface area contributed by atoms with E-state index in [9.17, 15) is 4.79 Å². The lowest BCUT2D eigenvalue weighted by atomic mass is 9.97. The number of allylic oxidation sites excluding steroid dienone is 1. The first kappa shape index (κ1) is 13.9. The number of carbonyl (C=O) groups is 1. The van der Waals surface area contributed by atoms with Crippen LogP contribution in [0.1, 0.15) is 37.8 Å². The van der Waals surface area contributed by atoms with Crippen LogP contribution >= 0.6 is 0 Å². The zero-order valence-corrected chi connectivity index (χ0v) is 12.1. The first-order chi connectivity index (χ1) is 10.3. The van der Waals surface area contributed by atoms with Crippen molar-refractivity contribution in [1.82, 2.24) is 10.5 Å². The van der Waals surface area contributed by atoms with Crippen molar-refractivity contribution in [1.29, 1.82) is 0 Å². The fraction of sp³-hybridized carbons (Fsp3) is 0.412. The summed E-state index contributed by atoms with van der Waals surface area (Å²) < 4.78 is 5.21. The molecular formula is C17H20N2O2. The molecule has 1 amide bonds. The van der Waals surface area contributed by atoms with E-state index in [0.717, 1.165) is 17.4 Å². The number of hydrogen-bond donors (Lipinski definition) is 1. The summed E-state index contributed by atoms with van der Waals surface area (Å²) in [6.07, 6.45) is 8.51. The molecule has 0 saturated heterocycles. The van der Waals surface area contributed by atoms with Crippen LogP contribution in [0.4, 0.5) is 0 Å². The molecule has 1 aliphatic rings. The van der Waals surface area contributed by atoms with E-state index < -0.39 is 0 Å². The number of aromatic nitrogens is 1. The van der Waals surface area contributed by atoms with E-state index in [4.69, 9.17) is 4.52 Å². The molecule has 1 heterocycles. The van der Waals surface area contributed by atoms with E-state index in [1.54, 1.807) is 0 Å². The van der Waals surface area contributed by atoms with Crippen LogP contribution in [0.15, 0.2) is 40.4 Å². The maximum atomic E-state index is 12.0. The molecule has 4 heteroatoms. The molecule has 0 fully saturated rings. The maximum absolute atomic E-state index is 12.0. The lowest BCUT2D eigenvalue weighted by Gasteiger charge is -2.12. The van der Waals surface area contributed by atoms with Crippen LogP contribution in [0, 0.1) is 0 Å². The van der Waals surface area contributed by atoms with Crippen LogP contribution in [0.25, 0.3) is 11.0 Å². The van der Waals surface area contributed by atoms with Crippen molar-refractivity contribution in [2.75, 3.05) is 6.54 Å². The van der Waals surface area contributed by atoms with Crippen LogP contribution in [0.5, 0.6) is 0 Å². The predicted octanol–water partition coefficient (Wildman–Crippen LogP) is 3.38. The predicted molar refractivity (Wildman–Crippen MR) is 81.9 cm³/mol. The number of amides is 1. The van der Waals surface area contributed by atoms with Gasteiger partial charge in [-0.25, -0.2) is 0 Å². The van der Waals surface area contributed by atoms with Crippen LogP contribution in [0.3, 0.4) is 0 Å². The third-order valence-corrected chi connectivity index (χ3v) is 3.93. The van der Waals surface area contributed by atoms with Crippen molar-refractivity contribution >= 4 is 16.9 Å². The van der Waals surface area contributed by atoms with Gasteiger partial charge in [-0.2, -0.15) is 0 Å². The van der Waals surface area contributed by atoms with Crippen LogP contribution < -0.4 is 5.32 Å². The Morgan fingerprint density at radius 3 is 3.05 bits per heavy atom. The molecule has 0 aliphatic heterocycles. The van der Waals surface area contributed by atoms with Gasteiger partial charge in [0, 0.05) is 11.9 Å². The zero-order valence-electron chi connectivity index (χ0n) is 12.1. The highest BCUT2D eigenvalue weighted by Crippen LogP contribution is 2.20. The quantitative estimate of drug-likeness (QED) is 0.856. The Hall–Kier alpha value is -2.10. The monoisotopic (exact) mass is 284 g/mol. The summed E-state index contributed by atoms with van der Waals surface area (Å²) >= 11 is 0. The Morgan fingerprint density at radius 1 is 1.29 bits per heavy atom. The summed E-state index contributed by atoms with van der Waals surface area (Å²) in [6.45, 7) is 0.709. The first-order valence-corrected chi connectivity index (χ1v) is 7.61. The molecule has 0 atom stereocenters. The minimum absolute atomic E-state index is 0.00506. The van der Waals surface area contributed by atoms with Gasteiger partial charge in [0.2, 0.25) is 5.91 Å². The average molecular weight is 284 g/mol. The first-order valence-electron chi connectivity index (χ1n) is 7.61. The highest BCUT2D eigenvalue weighted by atomic mass is 16.5. The van der Waals surface area contributed by atoms with E-state index in [0.29, 0.717) is 12.2 Å². The number of fused-ring (bicyclic) bond motifs is 1. The largest absolute Gasteiger partial charge is 0.356 e. The molecule has 4 nitrogen and oxygen atoms in total. The van der Waals surface area contributed by atoms with Gasteiger partial charge in [0.05, 0.1) is 6.42 Å². The van der Waals surface area contributed by atoms with E-state index in [1.807, 2.05) is 24.3 Å². The molecule has 0 radical (unpaired) electrons. The molecule has 0 unspecified atom stereocenters. The van der Waals surface area contributed by atoms with Crippen molar-refractivity contribution in [3.8, 4) is 0 Å². The Balaban J connectivity index is 1.51. The third kappa shape index (κ3) is 3.51. The number of nitrogens with one attached hydrogen (secondary N) is 1. The second-order valence-corrected chi connectivity index (χ2v) is 5.51. The Labute approximate surface area is 124 Å². The van der Waals surface area contributed by atoms with Gasteiger partial charge in [-0.3, -0.25) is 4.79 Å². The van der Waals surface area contributed by atoms with E-state index in [-0.39, 0.29) is 12.3 Å². The maximum Gasteiger partial charge on any atom is 0.226 e. The van der Waals surface area contributed by atoms with Crippen molar-refractivity contribution in [3.05, 3.63) is 41.6 Å². The fourth-order valence-electron chi connectivity index (χ4n) is 2.77. The summed E-state index contributed by atoms with van der Waals surface area (Å²) in [5, 5.41) is 7.88. The van der Waals surface area contributed by atoms with Crippen LogP contribution in [-0.2, 0) is 11.2 Å². The molecule has 0 spiro atoms. The van der Waals surface area contributed by atoms with Gasteiger partial charge in [-0.15, -0.1) is 0 Å². The van der Waals surface area contributed by atoms with E-state index >= 15 is 0 Å². The Kier molecular flexibility index (Phi) is 4.34. The number of rotatable bonds is 5. The van der Waals surface area contributed by atoms with Crippen LogP contribution in [0.2, 0.25) is 0 Å². The number of nitrogens with zero attached hydrogens (tertiary/aromatic N) is 1. The molecule has 1 aromatic heterocycles. The minimum atomic E-state index is 0.00506. The minimum Gasteiger partial charge on any atom is -0.356 e. The fourth-order valence-corrected chi connectivity index (χ4v) is 2.77. The normalized spacial score (nSPS) is 15.0. The van der Waals surface area contributed by atoms with E-state index in [1.165, 1.54) is 31.3 Å². The molecule has 1 aliphatic carbocycles. The molecule has 3 rings (SSSR count). The molecule has 21 heavy (non-hydrogen) atoms. The molecule has 110 valence electrons. The van der Waals surface area contributed by atoms with Crippen LogP contribution in [-0.4, -0.2) is 17.6 Å². The highest BCUT2D eigenvalue weighted by molar-refractivity contribution is 5.86. The molecule has 1 aromatic carbocycles. The summed E-state index contributed by atoms with van der Waals surface area (Å²) in [7, 11) is 0. The van der Waals surface area contributed by atoms with E-state index in [2.05, 4.69) is 16.5 Å². The Morgan fingerprint density at radius 2 is 2.19 bits per heavy atom. The number of hydrogen-bond acceptors (Lipinski definition) is 3. The number of carbonyl (C=O) groups excluding carboxylic acids is 1. The van der Waals surface area contributed by atoms with Crippen molar-refractivity contribution in [2.24, 2.45) is 0 Å². The van der Waals surface area contributed by atoms with Gasteiger partial charge in [0.25, 0.3) is 0 Å². The number of para-hydroxylation sites is 1. The molecule has 1 N–H and O–H groups in total. The second kappa shape index (κ2) is 6.57. The topological polar surface area (TPSA) is 55.1 Å². The molecule has 0 bridgehead atoms. The van der Waals surface area contributed by atoms with Gasteiger partial charge in [0.1, 0.15) is 5.69 Å². The van der Waals surface area contributed by atoms with Gasteiger partial charge >= 0.3 is 0 Å². The molecular weight excluding hydrogens is 264 g/mol. The Bertz CT molecular complexity index is 658. The SMILES string of the molecule is O=C(Cc1noc2ccccc12)NCCC1=CCCCC1.